The molecule has 0 saturated carbocycles. The second-order valence-electron chi connectivity index (χ2n) is 7.15. The molecule has 1 aromatic carbocycles. The molecule has 0 aliphatic heterocycles. The minimum Gasteiger partial charge on any atom is -0.356 e. The fourth-order valence-corrected chi connectivity index (χ4v) is 3.53. The molecule has 29 heavy (non-hydrogen) atoms. The highest BCUT2D eigenvalue weighted by Crippen LogP contribution is 2.30. The van der Waals surface area contributed by atoms with E-state index in [4.69, 9.17) is 0 Å². The Kier molecular flexibility index (Phi) is 11.7. The van der Waals surface area contributed by atoms with Crippen LogP contribution in [0.25, 0.3) is 0 Å². The smallest absolute Gasteiger partial charge is 0.250 e. The van der Waals surface area contributed by atoms with Gasteiger partial charge in [-0.25, -0.2) is 0 Å². The van der Waals surface area contributed by atoms with Crippen molar-refractivity contribution in [3.05, 3.63) is 70.6 Å². The maximum absolute atomic E-state index is 11.7. The summed E-state index contributed by atoms with van der Waals surface area (Å²) in [6.07, 6.45) is 5.92. The third-order valence-electron chi connectivity index (χ3n) is 5.57. The predicted molar refractivity (Wildman–Crippen MR) is 133 cm³/mol. The molecule has 5 nitrogen and oxygen atoms in total. The Morgan fingerprint density at radius 3 is 2.31 bits per heavy atom. The van der Waals surface area contributed by atoms with Gasteiger partial charge in [-0.3, -0.25) is 9.79 Å². The van der Waals surface area contributed by atoms with Crippen molar-refractivity contribution in [1.29, 1.82) is 0 Å². The van der Waals surface area contributed by atoms with Crippen LogP contribution in [0.4, 0.5) is 0 Å². The number of pyridine rings is 1. The molecule has 0 atom stereocenters. The van der Waals surface area contributed by atoms with E-state index in [2.05, 4.69) is 59.8 Å². The second kappa shape index (κ2) is 13.4. The normalized spacial score (nSPS) is 11.6. The van der Waals surface area contributed by atoms with Crippen LogP contribution in [-0.2, 0) is 12.0 Å². The number of hydrogen-bond donors (Lipinski definition) is 2. The largest absolute Gasteiger partial charge is 0.356 e. The molecule has 1 aromatic heterocycles. The fraction of sp³-hybridized carbons (Fsp3) is 0.478. The molecule has 0 aliphatic rings. The number of guanidine groups is 1. The Bertz CT molecular complexity index is 785. The van der Waals surface area contributed by atoms with Crippen LogP contribution in [0, 0.1) is 0 Å². The molecule has 0 aliphatic carbocycles. The lowest BCUT2D eigenvalue weighted by Crippen LogP contribution is -2.45. The summed E-state index contributed by atoms with van der Waals surface area (Å²) in [5.41, 5.74) is 1.54. The lowest BCUT2D eigenvalue weighted by Gasteiger charge is -2.33. The first kappa shape index (κ1) is 25.2. The van der Waals surface area contributed by atoms with Crippen LogP contribution >= 0.6 is 24.0 Å². The molecule has 0 spiro atoms. The number of unbranched alkanes of at least 4 members (excludes halogenated alkanes) is 1. The maximum Gasteiger partial charge on any atom is 0.250 e. The average Bonchev–Trinajstić information content (AvgIpc) is 2.75. The Morgan fingerprint density at radius 2 is 1.69 bits per heavy atom. The van der Waals surface area contributed by atoms with E-state index in [9.17, 15) is 4.79 Å². The molecule has 0 amide bonds. The highest BCUT2D eigenvalue weighted by molar-refractivity contribution is 14.0. The van der Waals surface area contributed by atoms with Crippen molar-refractivity contribution in [2.24, 2.45) is 4.99 Å². The van der Waals surface area contributed by atoms with Crippen molar-refractivity contribution in [2.45, 2.75) is 51.5 Å². The van der Waals surface area contributed by atoms with E-state index in [1.807, 2.05) is 12.3 Å². The van der Waals surface area contributed by atoms with Crippen molar-refractivity contribution >= 4 is 29.9 Å². The molecule has 6 heteroatoms. The molecule has 0 radical (unpaired) electrons. The van der Waals surface area contributed by atoms with Crippen molar-refractivity contribution in [2.75, 3.05) is 20.1 Å². The van der Waals surface area contributed by atoms with Gasteiger partial charge >= 0.3 is 0 Å². The summed E-state index contributed by atoms with van der Waals surface area (Å²) < 4.78 is 1.75. The molecule has 0 saturated heterocycles. The van der Waals surface area contributed by atoms with Gasteiger partial charge in [-0.1, -0.05) is 50.2 Å². The Morgan fingerprint density at radius 1 is 1.00 bits per heavy atom. The van der Waals surface area contributed by atoms with E-state index in [-0.39, 0.29) is 35.0 Å². The van der Waals surface area contributed by atoms with E-state index in [0.29, 0.717) is 0 Å². The second-order valence-corrected chi connectivity index (χ2v) is 7.15. The van der Waals surface area contributed by atoms with E-state index in [1.165, 1.54) is 5.56 Å². The highest BCUT2D eigenvalue weighted by Gasteiger charge is 2.28. The molecule has 2 rings (SSSR count). The SMILES string of the molecule is CCC(CC)(CNC(=NC)NCCCCn1ccccc1=O)c1ccccc1.I. The van der Waals surface area contributed by atoms with Gasteiger partial charge in [-0.15, -0.1) is 24.0 Å². The number of halogens is 1. The number of rotatable bonds is 10. The van der Waals surface area contributed by atoms with E-state index in [1.54, 1.807) is 23.7 Å². The first-order valence-electron chi connectivity index (χ1n) is 10.3. The Labute approximate surface area is 192 Å². The summed E-state index contributed by atoms with van der Waals surface area (Å²) in [6.45, 7) is 6.93. The molecule has 160 valence electrons. The third kappa shape index (κ3) is 7.49. The molecule has 1 heterocycles. The average molecular weight is 510 g/mol. The van der Waals surface area contributed by atoms with Crippen LogP contribution in [-0.4, -0.2) is 30.7 Å². The summed E-state index contributed by atoms with van der Waals surface area (Å²) in [5.74, 6) is 0.832. The molecule has 2 N–H and O–H groups in total. The van der Waals surface area contributed by atoms with Crippen molar-refractivity contribution in [1.82, 2.24) is 15.2 Å². The molecule has 0 bridgehead atoms. The van der Waals surface area contributed by atoms with Crippen LogP contribution < -0.4 is 16.2 Å². The molecular formula is C23H35IN4O. The summed E-state index contributed by atoms with van der Waals surface area (Å²) in [7, 11) is 1.81. The number of benzene rings is 1. The minimum atomic E-state index is 0. The van der Waals surface area contributed by atoms with Gasteiger partial charge < -0.3 is 15.2 Å². The Balaban J connectivity index is 0.00000420. The quantitative estimate of drug-likeness (QED) is 0.218. The van der Waals surface area contributed by atoms with Gasteiger partial charge in [0, 0.05) is 44.4 Å². The van der Waals surface area contributed by atoms with Crippen molar-refractivity contribution in [3.8, 4) is 0 Å². The van der Waals surface area contributed by atoms with Crippen LogP contribution in [0.5, 0.6) is 0 Å². The number of nitrogens with one attached hydrogen (secondary N) is 2. The summed E-state index contributed by atoms with van der Waals surface area (Å²) in [6, 6.07) is 16.0. The zero-order valence-electron chi connectivity index (χ0n) is 17.9. The van der Waals surface area contributed by atoms with Gasteiger partial charge in [-0.05, 0) is 37.3 Å². The lowest BCUT2D eigenvalue weighted by atomic mass is 9.76. The molecule has 0 fully saturated rings. The fourth-order valence-electron chi connectivity index (χ4n) is 3.53. The van der Waals surface area contributed by atoms with Crippen LogP contribution in [0.2, 0.25) is 0 Å². The summed E-state index contributed by atoms with van der Waals surface area (Å²) in [4.78, 5) is 16.1. The Hall–Kier alpha value is -1.83. The number of hydrogen-bond acceptors (Lipinski definition) is 2. The van der Waals surface area contributed by atoms with E-state index in [0.717, 1.165) is 51.3 Å². The van der Waals surface area contributed by atoms with Gasteiger partial charge in [0.2, 0.25) is 5.56 Å². The van der Waals surface area contributed by atoms with Gasteiger partial charge in [0.1, 0.15) is 0 Å². The number of aromatic nitrogens is 1. The van der Waals surface area contributed by atoms with Gasteiger partial charge in [-0.2, -0.15) is 0 Å². The van der Waals surface area contributed by atoms with Crippen molar-refractivity contribution < 1.29 is 0 Å². The highest BCUT2D eigenvalue weighted by atomic mass is 127. The van der Waals surface area contributed by atoms with Crippen LogP contribution in [0.15, 0.2) is 64.5 Å². The topological polar surface area (TPSA) is 58.4 Å². The predicted octanol–water partition coefficient (Wildman–Crippen LogP) is 4.17. The van der Waals surface area contributed by atoms with Crippen LogP contribution in [0.1, 0.15) is 45.1 Å². The van der Waals surface area contributed by atoms with E-state index >= 15 is 0 Å². The molecular weight excluding hydrogens is 475 g/mol. The van der Waals surface area contributed by atoms with E-state index < -0.39 is 0 Å². The first-order chi connectivity index (χ1) is 13.6. The van der Waals surface area contributed by atoms with Gasteiger partial charge in [0.15, 0.2) is 5.96 Å². The zero-order chi connectivity index (χ0) is 20.2. The van der Waals surface area contributed by atoms with Crippen LogP contribution in [0.3, 0.4) is 0 Å². The van der Waals surface area contributed by atoms with Gasteiger partial charge in [0.25, 0.3) is 0 Å². The minimum absolute atomic E-state index is 0. The monoisotopic (exact) mass is 510 g/mol. The zero-order valence-corrected chi connectivity index (χ0v) is 20.2. The maximum atomic E-state index is 11.7. The summed E-state index contributed by atoms with van der Waals surface area (Å²) in [5, 5.41) is 6.91. The van der Waals surface area contributed by atoms with Crippen molar-refractivity contribution in [3.63, 3.8) is 0 Å². The standard InChI is InChI=1S/C23H34N4O.HI/c1-4-23(5-2,20-13-7-6-8-14-20)19-26-22(24-3)25-16-10-12-18-27-17-11-9-15-21(27)28;/h6-9,11,13-15,17H,4-5,10,12,16,18-19H2,1-3H3,(H2,24,25,26);1H. The molecule has 2 aromatic rings. The molecule has 0 unspecified atom stereocenters. The number of aryl methyl sites for hydroxylation is 1. The first-order valence-corrected chi connectivity index (χ1v) is 10.3. The summed E-state index contributed by atoms with van der Waals surface area (Å²) >= 11 is 0. The van der Waals surface area contributed by atoms with Gasteiger partial charge in [0.05, 0.1) is 0 Å². The third-order valence-corrected chi connectivity index (χ3v) is 5.57. The number of nitrogens with zero attached hydrogens (tertiary/aromatic N) is 2. The number of aliphatic imine (C=N–C) groups is 1. The lowest BCUT2D eigenvalue weighted by molar-refractivity contribution is 0.389.